The lowest BCUT2D eigenvalue weighted by atomic mass is 9.84. The Kier molecular flexibility index (Phi) is 3.47. The van der Waals surface area contributed by atoms with E-state index in [1.165, 1.54) is 6.92 Å². The van der Waals surface area contributed by atoms with Gasteiger partial charge in [-0.25, -0.2) is 8.78 Å². The van der Waals surface area contributed by atoms with E-state index in [0.717, 1.165) is 16.6 Å². The highest BCUT2D eigenvalue weighted by molar-refractivity contribution is 5.81. The molecule has 1 aromatic carbocycles. The van der Waals surface area contributed by atoms with Gasteiger partial charge in [-0.05, 0) is 18.2 Å². The van der Waals surface area contributed by atoms with Gasteiger partial charge in [0.05, 0.1) is 11.7 Å². The molecule has 0 aliphatic rings. The molecular formula is C14H19F2N3. The second-order valence-corrected chi connectivity index (χ2v) is 5.47. The zero-order valence-electron chi connectivity index (χ0n) is 11.4. The minimum atomic E-state index is -2.68. The van der Waals surface area contributed by atoms with Crippen molar-refractivity contribution < 1.29 is 8.78 Å². The van der Waals surface area contributed by atoms with Crippen molar-refractivity contribution in [2.75, 3.05) is 11.9 Å². The maximum Gasteiger partial charge on any atom is 0.254 e. The van der Waals surface area contributed by atoms with Gasteiger partial charge in [0.1, 0.15) is 0 Å². The molecule has 5 heteroatoms. The minimum Gasteiger partial charge on any atom is -0.384 e. The largest absolute Gasteiger partial charge is 0.384 e. The van der Waals surface area contributed by atoms with Crippen LogP contribution in [-0.4, -0.2) is 22.7 Å². The summed E-state index contributed by atoms with van der Waals surface area (Å²) < 4.78 is 27.6. The monoisotopic (exact) mass is 267 g/mol. The molecule has 3 nitrogen and oxygen atoms in total. The first kappa shape index (κ1) is 13.8. The molecule has 2 aromatic rings. The summed E-state index contributed by atoms with van der Waals surface area (Å²) in [5, 5.41) is 10.8. The Labute approximate surface area is 111 Å². The third-order valence-electron chi connectivity index (χ3n) is 3.61. The van der Waals surface area contributed by atoms with Gasteiger partial charge in [-0.15, -0.1) is 0 Å². The van der Waals surface area contributed by atoms with E-state index in [1.54, 1.807) is 20.0 Å². The highest BCUT2D eigenvalue weighted by Gasteiger charge is 2.44. The number of rotatable bonds is 5. The molecule has 19 heavy (non-hydrogen) atoms. The lowest BCUT2D eigenvalue weighted by Crippen LogP contribution is -2.41. The Morgan fingerprint density at radius 2 is 2.05 bits per heavy atom. The van der Waals surface area contributed by atoms with Crippen molar-refractivity contribution in [1.82, 2.24) is 10.2 Å². The average Bonchev–Trinajstić information content (AvgIpc) is 2.83. The Bertz CT molecular complexity index is 561. The first-order valence-electron chi connectivity index (χ1n) is 6.40. The molecule has 0 aliphatic heterocycles. The summed E-state index contributed by atoms with van der Waals surface area (Å²) in [5.41, 5.74) is 0.671. The number of H-pyrrole nitrogens is 1. The highest BCUT2D eigenvalue weighted by Crippen LogP contribution is 2.38. The number of hydrogen-bond donors (Lipinski definition) is 2. The van der Waals surface area contributed by atoms with Crippen molar-refractivity contribution in [3.63, 3.8) is 0 Å². The predicted octanol–water partition coefficient (Wildman–Crippen LogP) is 4.05. The Hall–Kier alpha value is -1.65. The number of fused-ring (bicyclic) bond motifs is 1. The molecule has 2 rings (SSSR count). The fourth-order valence-electron chi connectivity index (χ4n) is 1.98. The molecule has 0 saturated carbocycles. The van der Waals surface area contributed by atoms with Crippen LogP contribution < -0.4 is 5.32 Å². The molecule has 0 spiro atoms. The van der Waals surface area contributed by atoms with Gasteiger partial charge in [0, 0.05) is 29.5 Å². The number of nitrogens with zero attached hydrogens (tertiary/aromatic N) is 1. The summed E-state index contributed by atoms with van der Waals surface area (Å²) in [6.45, 7) is 4.90. The fraction of sp³-hybridized carbons (Fsp3) is 0.500. The van der Waals surface area contributed by atoms with Gasteiger partial charge in [-0.1, -0.05) is 20.8 Å². The topological polar surface area (TPSA) is 40.7 Å². The van der Waals surface area contributed by atoms with Crippen LogP contribution in [0.2, 0.25) is 0 Å². The van der Waals surface area contributed by atoms with Crippen LogP contribution in [0.3, 0.4) is 0 Å². The first-order chi connectivity index (χ1) is 8.86. The molecule has 0 fully saturated rings. The van der Waals surface area contributed by atoms with Crippen LogP contribution in [0.15, 0.2) is 24.4 Å². The number of alkyl halides is 2. The fourth-order valence-corrected chi connectivity index (χ4v) is 1.98. The quantitative estimate of drug-likeness (QED) is 0.858. The van der Waals surface area contributed by atoms with Crippen molar-refractivity contribution in [2.24, 2.45) is 5.41 Å². The molecule has 0 radical (unpaired) electrons. The molecule has 2 N–H and O–H groups in total. The average molecular weight is 267 g/mol. The molecule has 0 atom stereocenters. The second-order valence-electron chi connectivity index (χ2n) is 5.47. The number of halogens is 2. The van der Waals surface area contributed by atoms with Gasteiger partial charge in [0.2, 0.25) is 0 Å². The summed E-state index contributed by atoms with van der Waals surface area (Å²) in [6.07, 6.45) is 1.56. The van der Waals surface area contributed by atoms with E-state index in [9.17, 15) is 8.78 Å². The summed E-state index contributed by atoms with van der Waals surface area (Å²) in [7, 11) is 0. The molecule has 0 aliphatic carbocycles. The van der Waals surface area contributed by atoms with Crippen LogP contribution in [0.25, 0.3) is 10.9 Å². The molecule has 1 aromatic heterocycles. The summed E-state index contributed by atoms with van der Waals surface area (Å²) in [6, 6.07) is 5.65. The van der Waals surface area contributed by atoms with E-state index >= 15 is 0 Å². The molecule has 0 saturated heterocycles. The Morgan fingerprint density at radius 1 is 1.32 bits per heavy atom. The van der Waals surface area contributed by atoms with E-state index in [1.807, 2.05) is 18.2 Å². The normalized spacial score (nSPS) is 12.9. The standard InChI is InChI=1S/C14H19F2N3/c1-4-14(15,16)13(2,3)9-17-11-5-6-12-10(7-11)8-18-19-12/h5-8,17H,4,9H2,1-3H3,(H,18,19). The van der Waals surface area contributed by atoms with Crippen LogP contribution in [0.4, 0.5) is 14.5 Å². The lowest BCUT2D eigenvalue weighted by molar-refractivity contribution is -0.101. The van der Waals surface area contributed by atoms with E-state index < -0.39 is 11.3 Å². The lowest BCUT2D eigenvalue weighted by Gasteiger charge is -2.33. The number of nitrogens with one attached hydrogen (secondary N) is 2. The summed E-state index contributed by atoms with van der Waals surface area (Å²) in [4.78, 5) is 0. The molecule has 104 valence electrons. The van der Waals surface area contributed by atoms with Gasteiger partial charge in [-0.3, -0.25) is 5.10 Å². The number of hydrogen-bond acceptors (Lipinski definition) is 2. The molecular weight excluding hydrogens is 248 g/mol. The zero-order chi connectivity index (χ0) is 14.1. The van der Waals surface area contributed by atoms with E-state index in [0.29, 0.717) is 0 Å². The molecule has 0 unspecified atom stereocenters. The Balaban J connectivity index is 2.09. The van der Waals surface area contributed by atoms with Gasteiger partial charge >= 0.3 is 0 Å². The first-order valence-corrected chi connectivity index (χ1v) is 6.40. The van der Waals surface area contributed by atoms with E-state index in [4.69, 9.17) is 0 Å². The molecule has 0 bridgehead atoms. The highest BCUT2D eigenvalue weighted by atomic mass is 19.3. The van der Waals surface area contributed by atoms with E-state index in [-0.39, 0.29) is 13.0 Å². The van der Waals surface area contributed by atoms with Crippen LogP contribution in [-0.2, 0) is 0 Å². The Morgan fingerprint density at radius 3 is 2.74 bits per heavy atom. The smallest absolute Gasteiger partial charge is 0.254 e. The number of anilines is 1. The SMILES string of the molecule is CCC(F)(F)C(C)(C)CNc1ccc2[nH]ncc2c1. The van der Waals surface area contributed by atoms with Gasteiger partial charge in [0.15, 0.2) is 0 Å². The zero-order valence-corrected chi connectivity index (χ0v) is 11.4. The van der Waals surface area contributed by atoms with Crippen molar-refractivity contribution in [1.29, 1.82) is 0 Å². The second kappa shape index (κ2) is 4.79. The number of aromatic nitrogens is 2. The third kappa shape index (κ3) is 2.69. The predicted molar refractivity (Wildman–Crippen MR) is 73.6 cm³/mol. The number of benzene rings is 1. The number of aromatic amines is 1. The van der Waals surface area contributed by atoms with Crippen LogP contribution in [0.5, 0.6) is 0 Å². The summed E-state index contributed by atoms with van der Waals surface area (Å²) in [5.74, 6) is -2.68. The third-order valence-corrected chi connectivity index (χ3v) is 3.61. The minimum absolute atomic E-state index is 0.150. The van der Waals surface area contributed by atoms with Crippen molar-refractivity contribution >= 4 is 16.6 Å². The van der Waals surface area contributed by atoms with E-state index in [2.05, 4.69) is 15.5 Å². The van der Waals surface area contributed by atoms with Crippen LogP contribution in [0, 0.1) is 5.41 Å². The maximum absolute atomic E-state index is 13.8. The maximum atomic E-state index is 13.8. The van der Waals surface area contributed by atoms with Crippen molar-refractivity contribution in [3.05, 3.63) is 24.4 Å². The van der Waals surface area contributed by atoms with Gasteiger partial charge in [0.25, 0.3) is 5.92 Å². The summed E-state index contributed by atoms with van der Waals surface area (Å²) >= 11 is 0. The molecule has 1 heterocycles. The van der Waals surface area contributed by atoms with Crippen LogP contribution in [0.1, 0.15) is 27.2 Å². The van der Waals surface area contributed by atoms with Crippen molar-refractivity contribution in [3.8, 4) is 0 Å². The molecule has 0 amide bonds. The van der Waals surface area contributed by atoms with Crippen molar-refractivity contribution in [2.45, 2.75) is 33.1 Å². The van der Waals surface area contributed by atoms with Gasteiger partial charge < -0.3 is 5.32 Å². The van der Waals surface area contributed by atoms with Gasteiger partial charge in [-0.2, -0.15) is 5.10 Å². The van der Waals surface area contributed by atoms with Crippen LogP contribution >= 0.6 is 0 Å².